The van der Waals surface area contributed by atoms with Crippen molar-refractivity contribution < 1.29 is 28.3 Å². The molecule has 1 aromatic carbocycles. The molecule has 5 nitrogen and oxygen atoms in total. The first kappa shape index (κ1) is 16.1. The van der Waals surface area contributed by atoms with Gasteiger partial charge in [-0.3, -0.25) is 9.59 Å². The summed E-state index contributed by atoms with van der Waals surface area (Å²) in [5, 5.41) is 11.5. The average molecular weight is 311 g/mol. The second-order valence-corrected chi connectivity index (χ2v) is 5.34. The number of nitrogens with one attached hydrogen (secondary N) is 1. The van der Waals surface area contributed by atoms with Gasteiger partial charge in [-0.15, -0.1) is 0 Å². The highest BCUT2D eigenvalue weighted by atomic mass is 19.1. The van der Waals surface area contributed by atoms with Crippen LogP contribution in [0.3, 0.4) is 0 Å². The maximum Gasteiger partial charge on any atom is 0.326 e. The molecular weight excluding hydrogens is 296 g/mol. The Balaban J connectivity index is 2.15. The summed E-state index contributed by atoms with van der Waals surface area (Å²) in [5.41, 5.74) is -0.300. The van der Waals surface area contributed by atoms with E-state index < -0.39 is 35.5 Å². The first-order valence-corrected chi connectivity index (χ1v) is 6.88. The van der Waals surface area contributed by atoms with Crippen LogP contribution < -0.4 is 5.32 Å². The van der Waals surface area contributed by atoms with Gasteiger partial charge in [0.2, 0.25) is 0 Å². The van der Waals surface area contributed by atoms with E-state index in [0.717, 1.165) is 12.1 Å². The van der Waals surface area contributed by atoms with Crippen LogP contribution in [0, 0.1) is 17.6 Å². The molecule has 0 heterocycles. The van der Waals surface area contributed by atoms with E-state index in [2.05, 4.69) is 5.32 Å². The van der Waals surface area contributed by atoms with Gasteiger partial charge in [0.05, 0.1) is 0 Å². The van der Waals surface area contributed by atoms with Gasteiger partial charge in [0.1, 0.15) is 23.5 Å². The van der Waals surface area contributed by atoms with Gasteiger partial charge in [0.15, 0.2) is 0 Å². The fourth-order valence-electron chi connectivity index (χ4n) is 2.63. The van der Waals surface area contributed by atoms with Crippen molar-refractivity contribution >= 4 is 17.7 Å². The number of carboxylic acid groups (broad SMARTS) is 1. The Hall–Kier alpha value is -2.31. The molecule has 1 aromatic rings. The van der Waals surface area contributed by atoms with Crippen LogP contribution in [0.5, 0.6) is 0 Å². The van der Waals surface area contributed by atoms with Crippen molar-refractivity contribution in [1.82, 2.24) is 5.32 Å². The predicted molar refractivity (Wildman–Crippen MR) is 72.2 cm³/mol. The molecule has 2 N–H and O–H groups in total. The minimum Gasteiger partial charge on any atom is -0.480 e. The summed E-state index contributed by atoms with van der Waals surface area (Å²) in [5.74, 6) is -4.57. The number of benzene rings is 1. The van der Waals surface area contributed by atoms with Crippen molar-refractivity contribution in [3.05, 3.63) is 35.4 Å². The first-order valence-electron chi connectivity index (χ1n) is 6.88. The van der Waals surface area contributed by atoms with Crippen molar-refractivity contribution in [3.8, 4) is 0 Å². The van der Waals surface area contributed by atoms with Crippen LogP contribution in [0.15, 0.2) is 18.2 Å². The molecule has 22 heavy (non-hydrogen) atoms. The van der Waals surface area contributed by atoms with Crippen LogP contribution in [0.4, 0.5) is 8.78 Å². The molecule has 0 radical (unpaired) electrons. The van der Waals surface area contributed by atoms with Crippen LogP contribution >= 0.6 is 0 Å². The van der Waals surface area contributed by atoms with E-state index in [9.17, 15) is 28.3 Å². The van der Waals surface area contributed by atoms with Gasteiger partial charge in [-0.05, 0) is 30.9 Å². The Morgan fingerprint density at radius 3 is 2.41 bits per heavy atom. The summed E-state index contributed by atoms with van der Waals surface area (Å²) >= 11 is 0. The lowest BCUT2D eigenvalue weighted by Gasteiger charge is -2.27. The third-order valence-electron chi connectivity index (χ3n) is 3.67. The van der Waals surface area contributed by atoms with E-state index in [1.54, 1.807) is 0 Å². The zero-order valence-electron chi connectivity index (χ0n) is 11.6. The number of aliphatic carboxylic acids is 1. The van der Waals surface area contributed by atoms with Gasteiger partial charge >= 0.3 is 5.97 Å². The highest BCUT2D eigenvalue weighted by molar-refractivity contribution is 5.96. The monoisotopic (exact) mass is 311 g/mol. The minimum absolute atomic E-state index is 0.0476. The molecule has 0 saturated heterocycles. The van der Waals surface area contributed by atoms with E-state index in [0.29, 0.717) is 25.3 Å². The van der Waals surface area contributed by atoms with Crippen molar-refractivity contribution in [1.29, 1.82) is 0 Å². The Morgan fingerprint density at radius 1 is 1.23 bits per heavy atom. The molecule has 2 atom stereocenters. The Bertz CT molecular complexity index is 597. The largest absolute Gasteiger partial charge is 0.480 e. The van der Waals surface area contributed by atoms with Gasteiger partial charge in [-0.2, -0.15) is 0 Å². The van der Waals surface area contributed by atoms with E-state index in [1.165, 1.54) is 0 Å². The standard InChI is InChI=1S/C15H15F2NO4/c16-10-4-9(5-11(17)7-10)14(20)18-13(15(21)22)8-2-1-3-12(19)6-8/h4-5,7-8,13H,1-3,6H2,(H,18,20)(H,21,22)/t8-,13+/m1/s1. The van der Waals surface area contributed by atoms with Crippen LogP contribution in [-0.4, -0.2) is 28.8 Å². The zero-order valence-corrected chi connectivity index (χ0v) is 11.6. The van der Waals surface area contributed by atoms with Gasteiger partial charge in [0, 0.05) is 24.5 Å². The molecule has 2 rings (SSSR count). The Labute approximate surface area is 125 Å². The number of rotatable bonds is 4. The van der Waals surface area contributed by atoms with Gasteiger partial charge in [-0.25, -0.2) is 13.6 Å². The topological polar surface area (TPSA) is 83.5 Å². The summed E-state index contributed by atoms with van der Waals surface area (Å²) in [6.45, 7) is 0. The van der Waals surface area contributed by atoms with Gasteiger partial charge in [-0.1, -0.05) is 0 Å². The molecule has 1 aliphatic carbocycles. The van der Waals surface area contributed by atoms with Crippen molar-refractivity contribution in [2.75, 3.05) is 0 Å². The molecule has 1 aliphatic rings. The Kier molecular flexibility index (Phi) is 4.85. The molecule has 0 unspecified atom stereocenters. The predicted octanol–water partition coefficient (Wildman–Crippen LogP) is 1.91. The third-order valence-corrected chi connectivity index (χ3v) is 3.67. The number of carbonyl (C=O) groups is 3. The molecule has 7 heteroatoms. The molecule has 0 spiro atoms. The molecular formula is C15H15F2NO4. The molecule has 0 aromatic heterocycles. The SMILES string of the molecule is O=C1CCC[C@@H]([C@H](NC(=O)c2cc(F)cc(F)c2)C(=O)O)C1. The number of halogens is 2. The number of ketones is 1. The lowest BCUT2D eigenvalue weighted by atomic mass is 9.83. The number of amides is 1. The number of Topliss-reactive ketones (excluding diaryl/α,β-unsaturated/α-hetero) is 1. The normalized spacial score (nSPS) is 19.5. The highest BCUT2D eigenvalue weighted by Crippen LogP contribution is 2.25. The molecule has 1 fully saturated rings. The quantitative estimate of drug-likeness (QED) is 0.889. The second kappa shape index (κ2) is 6.64. The minimum atomic E-state index is -1.27. The van der Waals surface area contributed by atoms with E-state index in [4.69, 9.17) is 0 Å². The van der Waals surface area contributed by atoms with Crippen LogP contribution in [0.2, 0.25) is 0 Å². The number of hydrogen-bond donors (Lipinski definition) is 2. The molecule has 118 valence electrons. The van der Waals surface area contributed by atoms with E-state index in [-0.39, 0.29) is 17.8 Å². The lowest BCUT2D eigenvalue weighted by molar-refractivity contribution is -0.141. The fourth-order valence-corrected chi connectivity index (χ4v) is 2.63. The maximum atomic E-state index is 13.1. The Morgan fingerprint density at radius 2 is 1.86 bits per heavy atom. The number of hydrogen-bond acceptors (Lipinski definition) is 3. The molecule has 0 bridgehead atoms. The fraction of sp³-hybridized carbons (Fsp3) is 0.400. The average Bonchev–Trinajstić information content (AvgIpc) is 2.43. The number of carboxylic acids is 1. The summed E-state index contributed by atoms with van der Waals surface area (Å²) in [6.07, 6.45) is 1.55. The molecule has 1 saturated carbocycles. The summed E-state index contributed by atoms with van der Waals surface area (Å²) in [7, 11) is 0. The van der Waals surface area contributed by atoms with Gasteiger partial charge in [0.25, 0.3) is 5.91 Å². The van der Waals surface area contributed by atoms with Gasteiger partial charge < -0.3 is 10.4 Å². The van der Waals surface area contributed by atoms with Crippen LogP contribution in [0.25, 0.3) is 0 Å². The third kappa shape index (κ3) is 3.87. The number of carbonyl (C=O) groups excluding carboxylic acids is 2. The van der Waals surface area contributed by atoms with Crippen LogP contribution in [-0.2, 0) is 9.59 Å². The zero-order chi connectivity index (χ0) is 16.3. The van der Waals surface area contributed by atoms with Crippen molar-refractivity contribution in [2.24, 2.45) is 5.92 Å². The summed E-state index contributed by atoms with van der Waals surface area (Å²) < 4.78 is 26.2. The summed E-state index contributed by atoms with van der Waals surface area (Å²) in [6, 6.07) is 1.00. The smallest absolute Gasteiger partial charge is 0.326 e. The molecule has 1 amide bonds. The highest BCUT2D eigenvalue weighted by Gasteiger charge is 2.33. The van der Waals surface area contributed by atoms with E-state index >= 15 is 0 Å². The molecule has 0 aliphatic heterocycles. The van der Waals surface area contributed by atoms with E-state index in [1.807, 2.05) is 0 Å². The summed E-state index contributed by atoms with van der Waals surface area (Å²) in [4.78, 5) is 34.8. The lowest BCUT2D eigenvalue weighted by Crippen LogP contribution is -2.47. The second-order valence-electron chi connectivity index (χ2n) is 5.34. The first-order chi connectivity index (χ1) is 10.4. The maximum absolute atomic E-state index is 13.1. The van der Waals surface area contributed by atoms with Crippen molar-refractivity contribution in [3.63, 3.8) is 0 Å². The van der Waals surface area contributed by atoms with Crippen molar-refractivity contribution in [2.45, 2.75) is 31.7 Å². The van der Waals surface area contributed by atoms with Crippen LogP contribution in [0.1, 0.15) is 36.0 Å².